The highest BCUT2D eigenvalue weighted by Gasteiger charge is 2.51. The molecule has 3 aliphatic rings. The lowest BCUT2D eigenvalue weighted by Crippen LogP contribution is -2.51. The van der Waals surface area contributed by atoms with Crippen LogP contribution in [0, 0.1) is 5.92 Å². The van der Waals surface area contributed by atoms with E-state index in [4.69, 9.17) is 4.74 Å². The van der Waals surface area contributed by atoms with Crippen molar-refractivity contribution in [2.24, 2.45) is 5.92 Å². The maximum atomic E-state index is 13.0. The highest BCUT2D eigenvalue weighted by atomic mass is 32.2. The minimum atomic E-state index is -3.29. The third kappa shape index (κ3) is 3.67. The number of piperidine rings is 1. The number of hydrogen-bond donors (Lipinski definition) is 1. The van der Waals surface area contributed by atoms with Gasteiger partial charge in [-0.05, 0) is 38.5 Å². The Hall–Kier alpha value is -1.41. The minimum Gasteiger partial charge on any atom is -0.450 e. The van der Waals surface area contributed by atoms with Crippen LogP contribution in [0.1, 0.15) is 52.4 Å². The van der Waals surface area contributed by atoms with E-state index in [2.05, 4.69) is 12.2 Å². The summed E-state index contributed by atoms with van der Waals surface area (Å²) >= 11 is 0. The quantitative estimate of drug-likeness (QED) is 0.742. The first-order valence-electron chi connectivity index (χ1n) is 9.33. The molecule has 8 heteroatoms. The summed E-state index contributed by atoms with van der Waals surface area (Å²) in [6.45, 7) is 4.34. The van der Waals surface area contributed by atoms with Crippen molar-refractivity contribution in [3.8, 4) is 0 Å². The molecule has 3 rings (SSSR count). The first kappa shape index (κ1) is 19.4. The molecule has 0 unspecified atom stereocenters. The van der Waals surface area contributed by atoms with E-state index in [9.17, 15) is 18.0 Å². The van der Waals surface area contributed by atoms with Gasteiger partial charge < -0.3 is 10.1 Å². The highest BCUT2D eigenvalue weighted by Crippen LogP contribution is 2.41. The highest BCUT2D eigenvalue weighted by molar-refractivity contribution is 7.88. The Kier molecular flexibility index (Phi) is 5.18. The fourth-order valence-electron chi connectivity index (χ4n) is 4.32. The molecule has 1 N–H and O–H groups in total. The monoisotopic (exact) mass is 384 g/mol. The molecule has 1 amide bonds. The number of hydrogen-bond acceptors (Lipinski definition) is 5. The van der Waals surface area contributed by atoms with Crippen molar-refractivity contribution in [2.75, 3.05) is 19.3 Å². The molecule has 0 aromatic rings. The van der Waals surface area contributed by atoms with Crippen LogP contribution in [-0.4, -0.2) is 55.6 Å². The maximum Gasteiger partial charge on any atom is 0.335 e. The van der Waals surface area contributed by atoms with Crippen LogP contribution in [0.5, 0.6) is 0 Å². The van der Waals surface area contributed by atoms with E-state index in [1.807, 2.05) is 0 Å². The Labute approximate surface area is 155 Å². The van der Waals surface area contributed by atoms with E-state index in [0.717, 1.165) is 25.7 Å². The molecule has 0 aromatic carbocycles. The molecule has 1 saturated heterocycles. The van der Waals surface area contributed by atoms with Crippen LogP contribution in [0.15, 0.2) is 11.1 Å². The van der Waals surface area contributed by atoms with E-state index in [1.54, 1.807) is 6.92 Å². The molecule has 1 saturated carbocycles. The van der Waals surface area contributed by atoms with Crippen molar-refractivity contribution >= 4 is 21.9 Å². The summed E-state index contributed by atoms with van der Waals surface area (Å²) in [4.78, 5) is 25.2. The van der Waals surface area contributed by atoms with Crippen molar-refractivity contribution in [1.82, 2.24) is 9.62 Å². The van der Waals surface area contributed by atoms with Crippen LogP contribution in [0.3, 0.4) is 0 Å². The maximum absolute atomic E-state index is 13.0. The first-order valence-corrected chi connectivity index (χ1v) is 11.2. The van der Waals surface area contributed by atoms with Gasteiger partial charge in [-0.15, -0.1) is 0 Å². The number of rotatable bonds is 3. The van der Waals surface area contributed by atoms with Gasteiger partial charge in [-0.1, -0.05) is 6.92 Å². The summed E-state index contributed by atoms with van der Waals surface area (Å²) in [6, 6.07) is 0.128. The number of nitrogens with one attached hydrogen (secondary N) is 1. The third-order valence-corrected chi connectivity index (χ3v) is 7.31. The summed E-state index contributed by atoms with van der Waals surface area (Å²) in [6.07, 6.45) is 5.87. The summed E-state index contributed by atoms with van der Waals surface area (Å²) in [5.74, 6) is -0.0203. The second-order valence-electron chi connectivity index (χ2n) is 7.98. The molecular weight excluding hydrogens is 356 g/mol. The van der Waals surface area contributed by atoms with Gasteiger partial charge in [0.15, 0.2) is 0 Å². The summed E-state index contributed by atoms with van der Waals surface area (Å²) in [5, 5.41) is 3.08. The third-order valence-electron chi connectivity index (χ3n) is 6.00. The zero-order valence-electron chi connectivity index (χ0n) is 15.7. The van der Waals surface area contributed by atoms with Gasteiger partial charge in [0, 0.05) is 37.5 Å². The Morgan fingerprint density at radius 1 is 1.19 bits per heavy atom. The molecule has 0 aromatic heterocycles. The Morgan fingerprint density at radius 2 is 1.77 bits per heavy atom. The number of carbonyl (C=O) groups is 2. The normalized spacial score (nSPS) is 29.7. The number of nitrogens with zero attached hydrogens (tertiary/aromatic N) is 1. The van der Waals surface area contributed by atoms with Crippen LogP contribution < -0.4 is 5.32 Å². The van der Waals surface area contributed by atoms with Crippen LogP contribution in [0.4, 0.5) is 0 Å². The number of carbonyl (C=O) groups excluding carboxylic acids is 2. The van der Waals surface area contributed by atoms with Crippen LogP contribution in [-0.2, 0) is 24.3 Å². The zero-order valence-corrected chi connectivity index (χ0v) is 16.5. The summed E-state index contributed by atoms with van der Waals surface area (Å²) in [5.41, 5.74) is -0.247. The van der Waals surface area contributed by atoms with Crippen molar-refractivity contribution in [2.45, 2.75) is 64.0 Å². The summed E-state index contributed by atoms with van der Waals surface area (Å²) < 4.78 is 30.5. The molecule has 0 bridgehead atoms. The number of ether oxygens (including phenoxy) is 1. The van der Waals surface area contributed by atoms with Gasteiger partial charge in [0.1, 0.15) is 5.60 Å². The second-order valence-corrected chi connectivity index (χ2v) is 9.96. The lowest BCUT2D eigenvalue weighted by molar-refractivity contribution is -0.150. The minimum absolute atomic E-state index is 0.128. The van der Waals surface area contributed by atoms with Crippen molar-refractivity contribution < 1.29 is 22.7 Å². The van der Waals surface area contributed by atoms with E-state index in [1.165, 1.54) is 10.6 Å². The summed E-state index contributed by atoms with van der Waals surface area (Å²) in [7, 11) is -3.29. The number of amides is 1. The SMILES string of the molecule is CC1=C(C(=O)NC2CCC(C)CC2)C2(CCN(S(C)(=O)=O)CC2)OC1=O. The van der Waals surface area contributed by atoms with Gasteiger partial charge in [-0.25, -0.2) is 17.5 Å². The lowest BCUT2D eigenvalue weighted by Gasteiger charge is -2.38. The zero-order chi connectivity index (χ0) is 19.1. The fraction of sp³-hybridized carbons (Fsp3) is 0.778. The fourth-order valence-corrected chi connectivity index (χ4v) is 5.16. The molecule has 0 radical (unpaired) electrons. The van der Waals surface area contributed by atoms with Crippen LogP contribution >= 0.6 is 0 Å². The van der Waals surface area contributed by atoms with Crippen molar-refractivity contribution in [1.29, 1.82) is 0 Å². The average Bonchev–Trinajstić information content (AvgIpc) is 2.79. The van der Waals surface area contributed by atoms with Crippen molar-refractivity contribution in [3.63, 3.8) is 0 Å². The molecule has 2 aliphatic heterocycles. The molecule has 2 heterocycles. The average molecular weight is 384 g/mol. The Bertz CT molecular complexity index is 727. The van der Waals surface area contributed by atoms with E-state index in [0.29, 0.717) is 29.9 Å². The molecule has 26 heavy (non-hydrogen) atoms. The molecule has 2 fully saturated rings. The second kappa shape index (κ2) is 6.96. The van der Waals surface area contributed by atoms with Gasteiger partial charge in [0.25, 0.3) is 5.91 Å². The van der Waals surface area contributed by atoms with Crippen LogP contribution in [0.2, 0.25) is 0 Å². The standard InChI is InChI=1S/C18H28N2O5S/c1-12-4-6-14(7-5-12)19-16(21)15-13(2)17(22)25-18(15)8-10-20(11-9-18)26(3,23)24/h12,14H,4-11H2,1-3H3,(H,19,21). The van der Waals surface area contributed by atoms with Gasteiger partial charge >= 0.3 is 5.97 Å². The number of sulfonamides is 1. The first-order chi connectivity index (χ1) is 12.1. The van der Waals surface area contributed by atoms with Crippen LogP contribution in [0.25, 0.3) is 0 Å². The molecule has 1 aliphatic carbocycles. The smallest absolute Gasteiger partial charge is 0.335 e. The molecule has 146 valence electrons. The number of esters is 1. The predicted molar refractivity (Wildman–Crippen MR) is 96.7 cm³/mol. The van der Waals surface area contributed by atoms with E-state index in [-0.39, 0.29) is 25.0 Å². The Morgan fingerprint density at radius 3 is 2.31 bits per heavy atom. The van der Waals surface area contributed by atoms with Gasteiger partial charge in [-0.2, -0.15) is 0 Å². The molecular formula is C18H28N2O5S. The largest absolute Gasteiger partial charge is 0.450 e. The lowest BCUT2D eigenvalue weighted by atomic mass is 9.82. The van der Waals surface area contributed by atoms with Gasteiger partial charge in [-0.3, -0.25) is 4.79 Å². The van der Waals surface area contributed by atoms with E-state index < -0.39 is 21.6 Å². The van der Waals surface area contributed by atoms with Gasteiger partial charge in [0.05, 0.1) is 11.8 Å². The topological polar surface area (TPSA) is 92.8 Å². The molecule has 0 atom stereocenters. The molecule has 1 spiro atoms. The van der Waals surface area contributed by atoms with Gasteiger partial charge in [0.2, 0.25) is 10.0 Å². The van der Waals surface area contributed by atoms with Crippen molar-refractivity contribution in [3.05, 3.63) is 11.1 Å². The van der Waals surface area contributed by atoms with E-state index >= 15 is 0 Å². The predicted octanol–water partition coefficient (Wildman–Crippen LogP) is 1.35. The molecule has 7 nitrogen and oxygen atoms in total. The Balaban J connectivity index is 1.75.